The predicted octanol–water partition coefficient (Wildman–Crippen LogP) is 2.43. The number of aromatic carboxylic acids is 1. The molecule has 0 amide bonds. The van der Waals surface area contributed by atoms with Gasteiger partial charge in [-0.05, 0) is 39.0 Å². The van der Waals surface area contributed by atoms with Crippen molar-refractivity contribution in [3.63, 3.8) is 0 Å². The summed E-state index contributed by atoms with van der Waals surface area (Å²) >= 11 is 0. The van der Waals surface area contributed by atoms with Gasteiger partial charge in [-0.15, -0.1) is 0 Å². The second-order valence-electron chi connectivity index (χ2n) is 4.71. The van der Waals surface area contributed by atoms with E-state index in [1.807, 2.05) is 23.9 Å². The van der Waals surface area contributed by atoms with E-state index in [9.17, 15) is 4.79 Å². The number of carboxylic acid groups (broad SMARTS) is 1. The number of rotatable bonds is 4. The summed E-state index contributed by atoms with van der Waals surface area (Å²) < 4.78 is 1.89. The maximum Gasteiger partial charge on any atom is 0.354 e. The smallest absolute Gasteiger partial charge is 0.354 e. The first-order chi connectivity index (χ1) is 9.47. The van der Waals surface area contributed by atoms with Crippen molar-refractivity contribution in [1.82, 2.24) is 19.7 Å². The van der Waals surface area contributed by atoms with Gasteiger partial charge in [-0.2, -0.15) is 5.10 Å². The minimum atomic E-state index is -1.06. The molecule has 0 atom stereocenters. The summed E-state index contributed by atoms with van der Waals surface area (Å²) in [6, 6.07) is 1.73. The van der Waals surface area contributed by atoms with Crippen LogP contribution in [0.4, 0.5) is 0 Å². The van der Waals surface area contributed by atoms with Gasteiger partial charge in [-0.25, -0.2) is 14.8 Å². The molecular weight excluding hydrogens is 256 g/mol. The van der Waals surface area contributed by atoms with Crippen LogP contribution < -0.4 is 0 Å². The SMILES string of the molecule is Cc1nn(C(C)C)cc1C=Cc1cc(C(=O)O)ncn1. The van der Waals surface area contributed by atoms with Crippen LogP contribution >= 0.6 is 0 Å². The van der Waals surface area contributed by atoms with E-state index in [4.69, 9.17) is 5.11 Å². The monoisotopic (exact) mass is 272 g/mol. The van der Waals surface area contributed by atoms with Crippen LogP contribution in [-0.4, -0.2) is 30.8 Å². The summed E-state index contributed by atoms with van der Waals surface area (Å²) in [6.07, 6.45) is 6.82. The third-order valence-electron chi connectivity index (χ3n) is 2.82. The highest BCUT2D eigenvalue weighted by Crippen LogP contribution is 2.13. The summed E-state index contributed by atoms with van der Waals surface area (Å²) in [5.74, 6) is -1.06. The molecule has 0 saturated heterocycles. The van der Waals surface area contributed by atoms with Crippen LogP contribution in [0, 0.1) is 6.92 Å². The quantitative estimate of drug-likeness (QED) is 0.924. The van der Waals surface area contributed by atoms with Crippen molar-refractivity contribution in [2.45, 2.75) is 26.8 Å². The lowest BCUT2D eigenvalue weighted by Crippen LogP contribution is -2.00. The third kappa shape index (κ3) is 3.09. The molecule has 20 heavy (non-hydrogen) atoms. The van der Waals surface area contributed by atoms with Crippen molar-refractivity contribution in [3.8, 4) is 0 Å². The molecule has 0 bridgehead atoms. The molecule has 6 nitrogen and oxygen atoms in total. The molecule has 1 N–H and O–H groups in total. The number of hydrogen-bond donors (Lipinski definition) is 1. The van der Waals surface area contributed by atoms with Gasteiger partial charge >= 0.3 is 5.97 Å². The number of carboxylic acids is 1. The zero-order valence-corrected chi connectivity index (χ0v) is 11.6. The molecule has 0 fully saturated rings. The van der Waals surface area contributed by atoms with Gasteiger partial charge in [0.25, 0.3) is 0 Å². The topological polar surface area (TPSA) is 80.9 Å². The molecule has 0 unspecified atom stereocenters. The van der Waals surface area contributed by atoms with Gasteiger partial charge in [-0.1, -0.05) is 0 Å². The van der Waals surface area contributed by atoms with Crippen LogP contribution in [0.5, 0.6) is 0 Å². The molecule has 2 aromatic heterocycles. The van der Waals surface area contributed by atoms with E-state index in [1.54, 1.807) is 6.08 Å². The molecule has 104 valence electrons. The van der Waals surface area contributed by atoms with Gasteiger partial charge in [0.2, 0.25) is 0 Å². The van der Waals surface area contributed by atoms with Crippen LogP contribution in [0.2, 0.25) is 0 Å². The van der Waals surface area contributed by atoms with E-state index < -0.39 is 5.97 Å². The number of aryl methyl sites for hydroxylation is 1. The summed E-state index contributed by atoms with van der Waals surface area (Å²) in [6.45, 7) is 6.05. The average Bonchev–Trinajstić information content (AvgIpc) is 2.78. The van der Waals surface area contributed by atoms with Crippen LogP contribution in [0.15, 0.2) is 18.6 Å². The second kappa shape index (κ2) is 5.64. The first-order valence-corrected chi connectivity index (χ1v) is 6.26. The van der Waals surface area contributed by atoms with Crippen LogP contribution in [0.25, 0.3) is 12.2 Å². The van der Waals surface area contributed by atoms with Crippen molar-refractivity contribution >= 4 is 18.1 Å². The normalized spacial score (nSPS) is 11.4. The van der Waals surface area contributed by atoms with E-state index in [1.165, 1.54) is 12.4 Å². The van der Waals surface area contributed by atoms with Crippen molar-refractivity contribution in [1.29, 1.82) is 0 Å². The summed E-state index contributed by atoms with van der Waals surface area (Å²) in [4.78, 5) is 18.5. The first kappa shape index (κ1) is 13.9. The minimum absolute atomic E-state index is 0.0192. The van der Waals surface area contributed by atoms with E-state index in [-0.39, 0.29) is 5.69 Å². The molecule has 0 radical (unpaired) electrons. The Hall–Kier alpha value is -2.50. The molecule has 0 spiro atoms. The number of carbonyl (C=O) groups is 1. The molecule has 0 saturated carbocycles. The number of aromatic nitrogens is 4. The highest BCUT2D eigenvalue weighted by atomic mass is 16.4. The van der Waals surface area contributed by atoms with Gasteiger partial charge in [0.15, 0.2) is 5.69 Å². The van der Waals surface area contributed by atoms with E-state index in [2.05, 4.69) is 28.9 Å². The molecule has 0 aliphatic rings. The predicted molar refractivity (Wildman–Crippen MR) is 75.3 cm³/mol. The molecule has 2 heterocycles. The molecular formula is C14H16N4O2. The molecule has 0 aliphatic carbocycles. The van der Waals surface area contributed by atoms with Crippen LogP contribution in [0.1, 0.15) is 47.3 Å². The summed E-state index contributed by atoms with van der Waals surface area (Å²) in [7, 11) is 0. The Kier molecular flexibility index (Phi) is 3.93. The molecule has 2 aromatic rings. The second-order valence-corrected chi connectivity index (χ2v) is 4.71. The Morgan fingerprint density at radius 1 is 1.35 bits per heavy atom. The first-order valence-electron chi connectivity index (χ1n) is 6.26. The fourth-order valence-electron chi connectivity index (χ4n) is 1.68. The zero-order valence-electron chi connectivity index (χ0n) is 11.6. The largest absolute Gasteiger partial charge is 0.477 e. The Labute approximate surface area is 116 Å². The maximum absolute atomic E-state index is 10.8. The van der Waals surface area contributed by atoms with Gasteiger partial charge in [0.05, 0.1) is 11.4 Å². The lowest BCUT2D eigenvalue weighted by molar-refractivity contribution is 0.0690. The highest BCUT2D eigenvalue weighted by molar-refractivity contribution is 5.86. The lowest BCUT2D eigenvalue weighted by atomic mass is 10.2. The fourth-order valence-corrected chi connectivity index (χ4v) is 1.68. The van der Waals surface area contributed by atoms with E-state index >= 15 is 0 Å². The number of nitrogens with zero attached hydrogens (tertiary/aromatic N) is 4. The van der Waals surface area contributed by atoms with E-state index in [0.717, 1.165) is 11.3 Å². The highest BCUT2D eigenvalue weighted by Gasteiger charge is 2.06. The fraction of sp³-hybridized carbons (Fsp3) is 0.286. The lowest BCUT2D eigenvalue weighted by Gasteiger charge is -2.02. The van der Waals surface area contributed by atoms with Crippen molar-refractivity contribution in [2.24, 2.45) is 0 Å². The molecule has 6 heteroatoms. The van der Waals surface area contributed by atoms with Crippen molar-refractivity contribution in [2.75, 3.05) is 0 Å². The zero-order chi connectivity index (χ0) is 14.7. The third-order valence-corrected chi connectivity index (χ3v) is 2.82. The standard InChI is InChI=1S/C14H16N4O2/c1-9(2)18-7-11(10(3)17-18)4-5-12-6-13(14(19)20)16-8-15-12/h4-9H,1-3H3,(H,19,20). The van der Waals surface area contributed by atoms with Gasteiger partial charge in [-0.3, -0.25) is 4.68 Å². The average molecular weight is 272 g/mol. The summed E-state index contributed by atoms with van der Waals surface area (Å²) in [5.41, 5.74) is 2.43. The summed E-state index contributed by atoms with van der Waals surface area (Å²) in [5, 5.41) is 13.3. The molecule has 0 aromatic carbocycles. The van der Waals surface area contributed by atoms with E-state index in [0.29, 0.717) is 11.7 Å². The Morgan fingerprint density at radius 2 is 2.10 bits per heavy atom. The van der Waals surface area contributed by atoms with Crippen molar-refractivity contribution in [3.05, 3.63) is 41.2 Å². The van der Waals surface area contributed by atoms with Gasteiger partial charge in [0.1, 0.15) is 6.33 Å². The van der Waals surface area contributed by atoms with Crippen LogP contribution in [-0.2, 0) is 0 Å². The molecule has 2 rings (SSSR count). The number of hydrogen-bond acceptors (Lipinski definition) is 4. The molecule has 0 aliphatic heterocycles. The Morgan fingerprint density at radius 3 is 2.70 bits per heavy atom. The van der Waals surface area contributed by atoms with Gasteiger partial charge in [0, 0.05) is 17.8 Å². The van der Waals surface area contributed by atoms with Crippen molar-refractivity contribution < 1.29 is 9.90 Å². The Bertz CT molecular complexity index is 659. The van der Waals surface area contributed by atoms with Gasteiger partial charge < -0.3 is 5.11 Å². The maximum atomic E-state index is 10.8. The van der Waals surface area contributed by atoms with Crippen LogP contribution in [0.3, 0.4) is 0 Å². The Balaban J connectivity index is 2.25. The minimum Gasteiger partial charge on any atom is -0.477 e.